The normalized spacial score (nSPS) is 15.1. The Bertz CT molecular complexity index is 861. The van der Waals surface area contributed by atoms with E-state index < -0.39 is 10.0 Å². The van der Waals surface area contributed by atoms with Gasteiger partial charge in [0.05, 0.1) is 18.5 Å². The second-order valence-corrected chi connectivity index (χ2v) is 7.75. The Labute approximate surface area is 140 Å². The maximum atomic E-state index is 12.4. The number of nitrogens with one attached hydrogen (secondary N) is 1. The molecule has 2 aromatic rings. The number of aromatic nitrogens is 3. The van der Waals surface area contributed by atoms with Crippen LogP contribution in [-0.2, 0) is 36.6 Å². The summed E-state index contributed by atoms with van der Waals surface area (Å²) in [5.74, 6) is 0.0130. The molecule has 0 saturated carbocycles. The summed E-state index contributed by atoms with van der Waals surface area (Å²) in [6, 6.07) is 3.65. The minimum Gasteiger partial charge on any atom is -0.345 e. The fourth-order valence-corrected chi connectivity index (χ4v) is 3.53. The average Bonchev–Trinajstić information content (AvgIpc) is 2.89. The monoisotopic (exact) mass is 349 g/mol. The number of amides is 1. The Hall–Kier alpha value is -2.26. The van der Waals surface area contributed by atoms with Gasteiger partial charge in [0.1, 0.15) is 0 Å². The molecule has 0 spiro atoms. The van der Waals surface area contributed by atoms with Gasteiger partial charge in [0, 0.05) is 44.6 Å². The molecule has 0 fully saturated rings. The van der Waals surface area contributed by atoms with Crippen molar-refractivity contribution in [3.05, 3.63) is 47.3 Å². The lowest BCUT2D eigenvalue weighted by Gasteiger charge is -2.24. The molecule has 1 N–H and O–H groups in total. The molecule has 24 heavy (non-hydrogen) atoms. The lowest BCUT2D eigenvalue weighted by Crippen LogP contribution is -2.35. The third-order valence-electron chi connectivity index (χ3n) is 4.10. The van der Waals surface area contributed by atoms with Gasteiger partial charge in [0.15, 0.2) is 5.82 Å². The van der Waals surface area contributed by atoms with Crippen LogP contribution >= 0.6 is 0 Å². The first-order valence-corrected chi connectivity index (χ1v) is 9.38. The van der Waals surface area contributed by atoms with E-state index in [1.54, 1.807) is 24.0 Å². The lowest BCUT2D eigenvalue weighted by atomic mass is 10.2. The van der Waals surface area contributed by atoms with E-state index in [4.69, 9.17) is 0 Å². The van der Waals surface area contributed by atoms with Crippen molar-refractivity contribution in [1.82, 2.24) is 24.2 Å². The van der Waals surface area contributed by atoms with E-state index in [0.717, 1.165) is 11.3 Å². The number of imidazole rings is 1. The first-order chi connectivity index (χ1) is 11.4. The molecule has 8 nitrogen and oxygen atoms in total. The van der Waals surface area contributed by atoms with Crippen molar-refractivity contribution >= 4 is 15.9 Å². The molecule has 2 aromatic heterocycles. The van der Waals surface area contributed by atoms with Crippen LogP contribution < -0.4 is 5.32 Å². The number of pyridine rings is 1. The standard InChI is InChI=1S/C15H19N5O3S/c1-19-13-5-8-20(24(2,22)23)10-12(13)18-14(19)15(21)17-9-11-3-6-16-7-4-11/h3-4,6-7H,5,8-10H2,1-2H3,(H,17,21). The van der Waals surface area contributed by atoms with Crippen molar-refractivity contribution in [2.24, 2.45) is 7.05 Å². The molecule has 3 heterocycles. The highest BCUT2D eigenvalue weighted by Crippen LogP contribution is 2.21. The van der Waals surface area contributed by atoms with Crippen LogP contribution in [0.4, 0.5) is 0 Å². The maximum absolute atomic E-state index is 12.4. The second kappa shape index (κ2) is 6.33. The summed E-state index contributed by atoms with van der Waals surface area (Å²) in [5.41, 5.74) is 2.49. The van der Waals surface area contributed by atoms with Crippen molar-refractivity contribution < 1.29 is 13.2 Å². The Morgan fingerprint density at radius 3 is 2.71 bits per heavy atom. The molecule has 9 heteroatoms. The van der Waals surface area contributed by atoms with Crippen molar-refractivity contribution in [3.63, 3.8) is 0 Å². The fourth-order valence-electron chi connectivity index (χ4n) is 2.75. The molecule has 0 saturated heterocycles. The number of fused-ring (bicyclic) bond motifs is 1. The number of carbonyl (C=O) groups excluding carboxylic acids is 1. The summed E-state index contributed by atoms with van der Waals surface area (Å²) < 4.78 is 26.5. The van der Waals surface area contributed by atoms with Gasteiger partial charge in [-0.1, -0.05) is 0 Å². The molecule has 0 atom stereocenters. The van der Waals surface area contributed by atoms with Crippen LogP contribution in [0.2, 0.25) is 0 Å². The van der Waals surface area contributed by atoms with Gasteiger partial charge in [0.2, 0.25) is 10.0 Å². The zero-order chi connectivity index (χ0) is 17.3. The molecule has 128 valence electrons. The smallest absolute Gasteiger partial charge is 0.287 e. The van der Waals surface area contributed by atoms with Crippen LogP contribution in [0.1, 0.15) is 27.6 Å². The minimum atomic E-state index is -3.26. The molecule has 1 amide bonds. The SMILES string of the molecule is Cn1c(C(=O)NCc2ccncc2)nc2c1CCN(S(C)(=O)=O)C2. The third-order valence-corrected chi connectivity index (χ3v) is 5.34. The van der Waals surface area contributed by atoms with E-state index in [-0.39, 0.29) is 12.5 Å². The predicted molar refractivity (Wildman–Crippen MR) is 87.6 cm³/mol. The summed E-state index contributed by atoms with van der Waals surface area (Å²) in [7, 11) is -1.48. The van der Waals surface area contributed by atoms with Crippen LogP contribution in [0.15, 0.2) is 24.5 Å². The van der Waals surface area contributed by atoms with Gasteiger partial charge >= 0.3 is 0 Å². The number of carbonyl (C=O) groups is 1. The third kappa shape index (κ3) is 3.31. The number of nitrogens with zero attached hydrogens (tertiary/aromatic N) is 4. The van der Waals surface area contributed by atoms with Gasteiger partial charge in [-0.2, -0.15) is 4.31 Å². The summed E-state index contributed by atoms with van der Waals surface area (Å²) in [6.45, 7) is 0.997. The molecule has 3 rings (SSSR count). The largest absolute Gasteiger partial charge is 0.345 e. The fraction of sp³-hybridized carbons (Fsp3) is 0.400. The van der Waals surface area contributed by atoms with E-state index in [2.05, 4.69) is 15.3 Å². The molecular weight excluding hydrogens is 330 g/mol. The molecule has 0 radical (unpaired) electrons. The highest BCUT2D eigenvalue weighted by molar-refractivity contribution is 7.88. The van der Waals surface area contributed by atoms with Gasteiger partial charge in [-0.15, -0.1) is 0 Å². The quantitative estimate of drug-likeness (QED) is 0.842. The van der Waals surface area contributed by atoms with Crippen LogP contribution in [0.25, 0.3) is 0 Å². The van der Waals surface area contributed by atoms with E-state index in [0.29, 0.717) is 31.0 Å². The highest BCUT2D eigenvalue weighted by atomic mass is 32.2. The van der Waals surface area contributed by atoms with E-state index >= 15 is 0 Å². The Kier molecular flexibility index (Phi) is 4.37. The van der Waals surface area contributed by atoms with Crippen molar-refractivity contribution in [1.29, 1.82) is 0 Å². The van der Waals surface area contributed by atoms with Gasteiger partial charge in [-0.3, -0.25) is 9.78 Å². The van der Waals surface area contributed by atoms with Crippen LogP contribution in [0.5, 0.6) is 0 Å². The summed E-state index contributed by atoms with van der Waals surface area (Å²) in [4.78, 5) is 20.7. The summed E-state index contributed by atoms with van der Waals surface area (Å²) >= 11 is 0. The summed E-state index contributed by atoms with van der Waals surface area (Å²) in [5, 5.41) is 2.82. The molecule has 0 unspecified atom stereocenters. The highest BCUT2D eigenvalue weighted by Gasteiger charge is 2.28. The average molecular weight is 349 g/mol. The van der Waals surface area contributed by atoms with Crippen LogP contribution in [-0.4, -0.2) is 46.0 Å². The Balaban J connectivity index is 1.76. The lowest BCUT2D eigenvalue weighted by molar-refractivity contribution is 0.0937. The van der Waals surface area contributed by atoms with E-state index in [9.17, 15) is 13.2 Å². The zero-order valence-electron chi connectivity index (χ0n) is 13.6. The number of rotatable bonds is 4. The first kappa shape index (κ1) is 16.6. The minimum absolute atomic E-state index is 0.208. The number of sulfonamides is 1. The van der Waals surface area contributed by atoms with Crippen LogP contribution in [0, 0.1) is 0 Å². The Morgan fingerprint density at radius 2 is 2.04 bits per heavy atom. The van der Waals surface area contributed by atoms with Crippen LogP contribution in [0.3, 0.4) is 0 Å². The van der Waals surface area contributed by atoms with E-state index in [1.807, 2.05) is 12.1 Å². The molecular formula is C15H19N5O3S. The summed E-state index contributed by atoms with van der Waals surface area (Å²) in [6.07, 6.45) is 5.06. The second-order valence-electron chi connectivity index (χ2n) is 5.77. The maximum Gasteiger partial charge on any atom is 0.287 e. The first-order valence-electron chi connectivity index (χ1n) is 7.53. The van der Waals surface area contributed by atoms with Crippen molar-refractivity contribution in [3.8, 4) is 0 Å². The van der Waals surface area contributed by atoms with Gasteiger partial charge in [-0.25, -0.2) is 13.4 Å². The van der Waals surface area contributed by atoms with E-state index in [1.165, 1.54) is 10.6 Å². The molecule has 0 aromatic carbocycles. The number of hydrogen-bond donors (Lipinski definition) is 1. The van der Waals surface area contributed by atoms with Gasteiger partial charge < -0.3 is 9.88 Å². The zero-order valence-corrected chi connectivity index (χ0v) is 14.4. The Morgan fingerprint density at radius 1 is 1.33 bits per heavy atom. The topological polar surface area (TPSA) is 97.2 Å². The van der Waals surface area contributed by atoms with Gasteiger partial charge in [0.25, 0.3) is 5.91 Å². The molecule has 1 aliphatic heterocycles. The van der Waals surface area contributed by atoms with Gasteiger partial charge in [-0.05, 0) is 17.7 Å². The molecule has 1 aliphatic rings. The van der Waals surface area contributed by atoms with Crippen molar-refractivity contribution in [2.75, 3.05) is 12.8 Å². The van der Waals surface area contributed by atoms with Crippen molar-refractivity contribution in [2.45, 2.75) is 19.5 Å². The number of hydrogen-bond acceptors (Lipinski definition) is 5. The molecule has 0 aliphatic carbocycles. The molecule has 0 bridgehead atoms. The predicted octanol–water partition coefficient (Wildman–Crippen LogP) is 0.0628.